The molecule has 3 rings (SSSR count). The van der Waals surface area contributed by atoms with Crippen LogP contribution >= 0.6 is 23.4 Å². The van der Waals surface area contributed by atoms with Crippen molar-refractivity contribution in [3.8, 4) is 0 Å². The molecular weight excluding hydrogens is 282 g/mol. The van der Waals surface area contributed by atoms with E-state index in [1.54, 1.807) is 0 Å². The molecule has 19 heavy (non-hydrogen) atoms. The Balaban J connectivity index is 1.80. The zero-order chi connectivity index (χ0) is 13.2. The maximum Gasteiger partial charge on any atom is 0.160 e. The molecule has 4 nitrogen and oxygen atoms in total. The third-order valence-electron chi connectivity index (χ3n) is 3.52. The normalized spacial score (nSPS) is 23.6. The molecule has 3 heterocycles. The first-order valence-corrected chi connectivity index (χ1v) is 8.28. The van der Waals surface area contributed by atoms with Crippen molar-refractivity contribution in [2.45, 2.75) is 31.0 Å². The second-order valence-corrected chi connectivity index (χ2v) is 6.29. The number of nitrogens with zero attached hydrogens (tertiary/aromatic N) is 3. The summed E-state index contributed by atoms with van der Waals surface area (Å²) in [7, 11) is 0. The number of rotatable bonds is 3. The van der Waals surface area contributed by atoms with Gasteiger partial charge in [0.1, 0.15) is 11.3 Å². The molecule has 1 saturated heterocycles. The molecule has 0 aliphatic carbocycles. The van der Waals surface area contributed by atoms with Crippen LogP contribution in [0.2, 0.25) is 5.15 Å². The van der Waals surface area contributed by atoms with Crippen LogP contribution in [0.25, 0.3) is 0 Å². The standard InChI is InChI=1S/C13H18ClN3OS/c1-2-3-17-4-5-18-11(6-17)13-15-10-8-19-7-9(10)12(14)16-13/h11H,2-8H2,1H3. The van der Waals surface area contributed by atoms with Crippen molar-refractivity contribution in [1.29, 1.82) is 0 Å². The highest BCUT2D eigenvalue weighted by Gasteiger charge is 2.27. The van der Waals surface area contributed by atoms with E-state index in [2.05, 4.69) is 21.8 Å². The third kappa shape index (κ3) is 2.89. The maximum absolute atomic E-state index is 6.26. The fraction of sp³-hybridized carbons (Fsp3) is 0.692. The van der Waals surface area contributed by atoms with E-state index < -0.39 is 0 Å². The van der Waals surface area contributed by atoms with Crippen molar-refractivity contribution < 1.29 is 4.74 Å². The van der Waals surface area contributed by atoms with Gasteiger partial charge in [-0.3, -0.25) is 4.90 Å². The van der Waals surface area contributed by atoms with Gasteiger partial charge < -0.3 is 4.74 Å². The third-order valence-corrected chi connectivity index (χ3v) is 4.81. The van der Waals surface area contributed by atoms with E-state index >= 15 is 0 Å². The molecule has 6 heteroatoms. The minimum atomic E-state index is -0.0336. The van der Waals surface area contributed by atoms with Crippen LogP contribution in [-0.4, -0.2) is 41.1 Å². The Morgan fingerprint density at radius 1 is 1.42 bits per heavy atom. The minimum Gasteiger partial charge on any atom is -0.368 e. The molecule has 0 amide bonds. The van der Waals surface area contributed by atoms with E-state index in [0.29, 0.717) is 5.15 Å². The average Bonchev–Trinajstić information content (AvgIpc) is 2.88. The van der Waals surface area contributed by atoms with Crippen LogP contribution in [0.4, 0.5) is 0 Å². The fourth-order valence-corrected chi connectivity index (χ4v) is 3.94. The van der Waals surface area contributed by atoms with Crippen LogP contribution in [-0.2, 0) is 16.2 Å². The topological polar surface area (TPSA) is 38.2 Å². The zero-order valence-corrected chi connectivity index (χ0v) is 12.6. The molecule has 1 fully saturated rings. The number of aromatic nitrogens is 2. The Morgan fingerprint density at radius 2 is 2.32 bits per heavy atom. The van der Waals surface area contributed by atoms with E-state index in [9.17, 15) is 0 Å². The van der Waals surface area contributed by atoms with Crippen molar-refractivity contribution >= 4 is 23.4 Å². The molecule has 0 radical (unpaired) electrons. The van der Waals surface area contributed by atoms with Crippen LogP contribution in [0.15, 0.2) is 0 Å². The maximum atomic E-state index is 6.26. The summed E-state index contributed by atoms with van der Waals surface area (Å²) in [5.41, 5.74) is 2.20. The molecule has 1 aromatic rings. The molecule has 2 aliphatic rings. The monoisotopic (exact) mass is 299 g/mol. The van der Waals surface area contributed by atoms with Crippen LogP contribution in [0.1, 0.15) is 36.5 Å². The second-order valence-electron chi connectivity index (χ2n) is 4.95. The number of morpholine rings is 1. The Labute approximate surface area is 122 Å². The summed E-state index contributed by atoms with van der Waals surface area (Å²) in [4.78, 5) is 11.5. The first-order valence-electron chi connectivity index (χ1n) is 6.74. The largest absolute Gasteiger partial charge is 0.368 e. The van der Waals surface area contributed by atoms with Gasteiger partial charge in [-0.2, -0.15) is 11.8 Å². The van der Waals surface area contributed by atoms with E-state index in [4.69, 9.17) is 16.3 Å². The van der Waals surface area contributed by atoms with E-state index in [-0.39, 0.29) is 6.10 Å². The lowest BCUT2D eigenvalue weighted by molar-refractivity contribution is -0.0342. The van der Waals surface area contributed by atoms with Gasteiger partial charge in [-0.15, -0.1) is 0 Å². The first kappa shape index (κ1) is 13.6. The summed E-state index contributed by atoms with van der Waals surface area (Å²) in [6.07, 6.45) is 1.13. The van der Waals surface area contributed by atoms with Gasteiger partial charge in [0.2, 0.25) is 0 Å². The summed E-state index contributed by atoms with van der Waals surface area (Å²) in [6.45, 7) is 5.92. The van der Waals surface area contributed by atoms with Gasteiger partial charge in [-0.05, 0) is 13.0 Å². The van der Waals surface area contributed by atoms with Gasteiger partial charge in [0.25, 0.3) is 0 Å². The van der Waals surface area contributed by atoms with Crippen molar-refractivity contribution in [2.24, 2.45) is 0 Å². The van der Waals surface area contributed by atoms with E-state index in [1.165, 1.54) is 0 Å². The van der Waals surface area contributed by atoms with Gasteiger partial charge in [0.15, 0.2) is 5.82 Å². The molecule has 1 unspecified atom stereocenters. The van der Waals surface area contributed by atoms with Crippen LogP contribution in [0.3, 0.4) is 0 Å². The van der Waals surface area contributed by atoms with Crippen LogP contribution in [0.5, 0.6) is 0 Å². The molecule has 2 aliphatic heterocycles. The Hall–Kier alpha value is -0.360. The highest BCUT2D eigenvalue weighted by Crippen LogP contribution is 2.34. The second kappa shape index (κ2) is 5.95. The molecular formula is C13H18ClN3OS. The van der Waals surface area contributed by atoms with Gasteiger partial charge in [-0.1, -0.05) is 18.5 Å². The Kier molecular flexibility index (Phi) is 4.27. The SMILES string of the molecule is CCCN1CCOC(c2nc(Cl)c3c(n2)CSC3)C1. The first-order chi connectivity index (χ1) is 9.28. The van der Waals surface area contributed by atoms with Crippen molar-refractivity contribution in [1.82, 2.24) is 14.9 Å². The van der Waals surface area contributed by atoms with Gasteiger partial charge in [0, 0.05) is 30.2 Å². The highest BCUT2D eigenvalue weighted by molar-refractivity contribution is 7.98. The molecule has 0 bridgehead atoms. The molecule has 0 N–H and O–H groups in total. The lowest BCUT2D eigenvalue weighted by Crippen LogP contribution is -2.39. The Bertz CT molecular complexity index is 469. The number of hydrogen-bond donors (Lipinski definition) is 0. The molecule has 1 atom stereocenters. The molecule has 1 aromatic heterocycles. The minimum absolute atomic E-state index is 0.0336. The average molecular weight is 300 g/mol. The van der Waals surface area contributed by atoms with Crippen LogP contribution in [0, 0.1) is 0 Å². The lowest BCUT2D eigenvalue weighted by atomic mass is 10.2. The van der Waals surface area contributed by atoms with E-state index in [0.717, 1.165) is 61.2 Å². The van der Waals surface area contributed by atoms with Crippen LogP contribution < -0.4 is 0 Å². The number of fused-ring (bicyclic) bond motifs is 1. The molecule has 0 aromatic carbocycles. The van der Waals surface area contributed by atoms with Gasteiger partial charge in [0.05, 0.1) is 12.3 Å². The molecule has 0 saturated carbocycles. The highest BCUT2D eigenvalue weighted by atomic mass is 35.5. The summed E-state index contributed by atoms with van der Waals surface area (Å²) < 4.78 is 5.82. The summed E-state index contributed by atoms with van der Waals surface area (Å²) in [5, 5.41) is 0.612. The summed E-state index contributed by atoms with van der Waals surface area (Å²) in [5.74, 6) is 2.63. The predicted octanol–water partition coefficient (Wildman–Crippen LogP) is 2.66. The number of ether oxygens (including phenoxy) is 1. The Morgan fingerprint density at radius 3 is 3.16 bits per heavy atom. The summed E-state index contributed by atoms with van der Waals surface area (Å²) >= 11 is 8.10. The quantitative estimate of drug-likeness (QED) is 0.802. The predicted molar refractivity (Wildman–Crippen MR) is 77.5 cm³/mol. The zero-order valence-electron chi connectivity index (χ0n) is 11.1. The lowest BCUT2D eigenvalue weighted by Gasteiger charge is -2.32. The van der Waals surface area contributed by atoms with Gasteiger partial charge in [-0.25, -0.2) is 9.97 Å². The summed E-state index contributed by atoms with van der Waals surface area (Å²) in [6, 6.07) is 0. The molecule has 104 valence electrons. The van der Waals surface area contributed by atoms with Crippen molar-refractivity contribution in [3.63, 3.8) is 0 Å². The van der Waals surface area contributed by atoms with Gasteiger partial charge >= 0.3 is 0 Å². The van der Waals surface area contributed by atoms with Crippen molar-refractivity contribution in [2.75, 3.05) is 26.2 Å². The fourth-order valence-electron chi connectivity index (χ4n) is 2.55. The van der Waals surface area contributed by atoms with E-state index in [1.807, 2.05) is 11.8 Å². The molecule has 0 spiro atoms. The number of hydrogen-bond acceptors (Lipinski definition) is 5. The number of thioether (sulfide) groups is 1. The van der Waals surface area contributed by atoms with Crippen molar-refractivity contribution in [3.05, 3.63) is 22.2 Å². The smallest absolute Gasteiger partial charge is 0.160 e. The number of halogens is 1.